The number of piperidine rings is 1. The van der Waals surface area contributed by atoms with Crippen LogP contribution in [-0.2, 0) is 0 Å². The van der Waals surface area contributed by atoms with Gasteiger partial charge in [-0.1, -0.05) is 26.7 Å². The normalized spacial score (nSPS) is 38.0. The molecule has 3 unspecified atom stereocenters. The van der Waals surface area contributed by atoms with E-state index in [1.165, 1.54) is 64.6 Å². The highest BCUT2D eigenvalue weighted by molar-refractivity contribution is 4.89. The zero-order chi connectivity index (χ0) is 13.0. The van der Waals surface area contributed by atoms with Crippen molar-refractivity contribution >= 4 is 0 Å². The zero-order valence-corrected chi connectivity index (χ0v) is 12.7. The summed E-state index contributed by atoms with van der Waals surface area (Å²) in [5.41, 5.74) is 0.549. The third-order valence-electron chi connectivity index (χ3n) is 5.43. The van der Waals surface area contributed by atoms with Crippen molar-refractivity contribution in [3.63, 3.8) is 0 Å². The molecule has 0 bridgehead atoms. The summed E-state index contributed by atoms with van der Waals surface area (Å²) >= 11 is 0. The minimum atomic E-state index is 0.549. The van der Waals surface area contributed by atoms with E-state index in [4.69, 9.17) is 0 Å². The first-order chi connectivity index (χ1) is 8.65. The van der Waals surface area contributed by atoms with Gasteiger partial charge in [-0.3, -0.25) is 0 Å². The first-order valence-electron chi connectivity index (χ1n) is 8.06. The molecular weight excluding hydrogens is 220 g/mol. The summed E-state index contributed by atoms with van der Waals surface area (Å²) in [6.07, 6.45) is 9.84. The van der Waals surface area contributed by atoms with Crippen molar-refractivity contribution in [3.8, 4) is 0 Å². The van der Waals surface area contributed by atoms with Crippen molar-refractivity contribution in [1.29, 1.82) is 0 Å². The van der Waals surface area contributed by atoms with Gasteiger partial charge in [-0.25, -0.2) is 0 Å². The van der Waals surface area contributed by atoms with Crippen LogP contribution in [0.15, 0.2) is 0 Å². The van der Waals surface area contributed by atoms with E-state index < -0.39 is 0 Å². The van der Waals surface area contributed by atoms with Crippen molar-refractivity contribution in [1.82, 2.24) is 10.2 Å². The Hall–Kier alpha value is -0.0800. The summed E-state index contributed by atoms with van der Waals surface area (Å²) in [5, 5.41) is 3.62. The summed E-state index contributed by atoms with van der Waals surface area (Å²) in [6.45, 7) is 8.57. The maximum absolute atomic E-state index is 3.62. The van der Waals surface area contributed by atoms with Crippen LogP contribution in [0.4, 0.5) is 0 Å². The van der Waals surface area contributed by atoms with Crippen molar-refractivity contribution in [2.45, 2.75) is 64.8 Å². The first-order valence-corrected chi connectivity index (χ1v) is 8.06. The molecular formula is C16H32N2. The predicted octanol–water partition coefficient (Wildman–Crippen LogP) is 3.28. The Labute approximate surface area is 114 Å². The van der Waals surface area contributed by atoms with Crippen LogP contribution in [0.2, 0.25) is 0 Å². The van der Waals surface area contributed by atoms with Gasteiger partial charge in [0.2, 0.25) is 0 Å². The molecule has 0 spiro atoms. The fourth-order valence-corrected chi connectivity index (χ4v) is 4.04. The summed E-state index contributed by atoms with van der Waals surface area (Å²) < 4.78 is 0. The number of hydrogen-bond donors (Lipinski definition) is 1. The third kappa shape index (κ3) is 3.48. The van der Waals surface area contributed by atoms with E-state index in [0.717, 1.165) is 12.0 Å². The largest absolute Gasteiger partial charge is 0.316 e. The quantitative estimate of drug-likeness (QED) is 0.826. The summed E-state index contributed by atoms with van der Waals surface area (Å²) in [5.74, 6) is 0.938. The monoisotopic (exact) mass is 252 g/mol. The molecule has 0 amide bonds. The number of nitrogens with zero attached hydrogens (tertiary/aromatic N) is 1. The molecule has 106 valence electrons. The molecule has 1 saturated carbocycles. The van der Waals surface area contributed by atoms with Gasteiger partial charge in [-0.05, 0) is 57.0 Å². The average molecular weight is 252 g/mol. The molecule has 0 aromatic rings. The second-order valence-corrected chi connectivity index (χ2v) is 6.97. The molecule has 2 nitrogen and oxygen atoms in total. The topological polar surface area (TPSA) is 15.3 Å². The summed E-state index contributed by atoms with van der Waals surface area (Å²) in [4.78, 5) is 2.69. The molecule has 2 aliphatic rings. The maximum Gasteiger partial charge on any atom is 0.00949 e. The van der Waals surface area contributed by atoms with Crippen molar-refractivity contribution in [3.05, 3.63) is 0 Å². The molecule has 0 radical (unpaired) electrons. The molecule has 0 aromatic carbocycles. The van der Waals surface area contributed by atoms with Crippen molar-refractivity contribution in [2.24, 2.45) is 11.3 Å². The standard InChI is InChI=1S/C16H32N2/c1-4-16(9-6-10-17-12-16)13-18(3)15-8-5-7-14(2)11-15/h14-15,17H,4-13H2,1-3H3. The van der Waals surface area contributed by atoms with E-state index in [2.05, 4.69) is 31.1 Å². The van der Waals surface area contributed by atoms with Crippen LogP contribution in [0.25, 0.3) is 0 Å². The number of nitrogens with one attached hydrogen (secondary N) is 1. The SMILES string of the molecule is CCC1(CN(C)C2CCCC(C)C2)CCCNC1. The fraction of sp³-hybridized carbons (Fsp3) is 1.00. The Morgan fingerprint density at radius 1 is 1.28 bits per heavy atom. The molecule has 18 heavy (non-hydrogen) atoms. The highest BCUT2D eigenvalue weighted by atomic mass is 15.1. The molecule has 2 rings (SSSR count). The van der Waals surface area contributed by atoms with Crippen LogP contribution < -0.4 is 5.32 Å². The van der Waals surface area contributed by atoms with Crippen LogP contribution >= 0.6 is 0 Å². The summed E-state index contributed by atoms with van der Waals surface area (Å²) in [6, 6.07) is 0.846. The number of hydrogen-bond acceptors (Lipinski definition) is 2. The second-order valence-electron chi connectivity index (χ2n) is 6.97. The van der Waals surface area contributed by atoms with Gasteiger partial charge in [-0.15, -0.1) is 0 Å². The van der Waals surface area contributed by atoms with Crippen LogP contribution in [0.3, 0.4) is 0 Å². The molecule has 1 N–H and O–H groups in total. The number of rotatable bonds is 4. The van der Waals surface area contributed by atoms with E-state index in [9.17, 15) is 0 Å². The minimum absolute atomic E-state index is 0.549. The van der Waals surface area contributed by atoms with Crippen LogP contribution in [0.5, 0.6) is 0 Å². The van der Waals surface area contributed by atoms with Gasteiger partial charge in [0, 0.05) is 19.1 Å². The highest BCUT2D eigenvalue weighted by Gasteiger charge is 2.33. The van der Waals surface area contributed by atoms with Gasteiger partial charge in [0.15, 0.2) is 0 Å². The second kappa shape index (κ2) is 6.38. The zero-order valence-electron chi connectivity index (χ0n) is 12.7. The lowest BCUT2D eigenvalue weighted by atomic mass is 9.77. The molecule has 1 saturated heterocycles. The van der Waals surface area contributed by atoms with E-state index in [0.29, 0.717) is 5.41 Å². The van der Waals surface area contributed by atoms with Gasteiger partial charge < -0.3 is 10.2 Å². The first kappa shape index (κ1) is 14.3. The molecule has 1 aliphatic carbocycles. The molecule has 1 aliphatic heterocycles. The molecule has 2 heteroatoms. The summed E-state index contributed by atoms with van der Waals surface area (Å²) in [7, 11) is 2.37. The Morgan fingerprint density at radius 2 is 2.11 bits per heavy atom. The Bertz CT molecular complexity index is 245. The van der Waals surface area contributed by atoms with Crippen LogP contribution in [0.1, 0.15) is 58.8 Å². The third-order valence-corrected chi connectivity index (χ3v) is 5.43. The van der Waals surface area contributed by atoms with Gasteiger partial charge in [-0.2, -0.15) is 0 Å². The van der Waals surface area contributed by atoms with Gasteiger partial charge in [0.1, 0.15) is 0 Å². The van der Waals surface area contributed by atoms with Gasteiger partial charge in [0.25, 0.3) is 0 Å². The molecule has 1 heterocycles. The van der Waals surface area contributed by atoms with E-state index in [1.807, 2.05) is 0 Å². The molecule has 2 fully saturated rings. The predicted molar refractivity (Wildman–Crippen MR) is 78.9 cm³/mol. The van der Waals surface area contributed by atoms with E-state index in [1.54, 1.807) is 0 Å². The van der Waals surface area contributed by atoms with E-state index in [-0.39, 0.29) is 0 Å². The lowest BCUT2D eigenvalue weighted by Gasteiger charge is -2.43. The fourth-order valence-electron chi connectivity index (χ4n) is 4.04. The lowest BCUT2D eigenvalue weighted by molar-refractivity contribution is 0.0781. The molecule has 0 aromatic heterocycles. The van der Waals surface area contributed by atoms with Gasteiger partial charge >= 0.3 is 0 Å². The maximum atomic E-state index is 3.62. The Balaban J connectivity index is 1.89. The van der Waals surface area contributed by atoms with E-state index >= 15 is 0 Å². The Morgan fingerprint density at radius 3 is 2.72 bits per heavy atom. The van der Waals surface area contributed by atoms with Crippen LogP contribution in [0, 0.1) is 11.3 Å². The van der Waals surface area contributed by atoms with Gasteiger partial charge in [0.05, 0.1) is 0 Å². The smallest absolute Gasteiger partial charge is 0.00949 e. The average Bonchev–Trinajstić information content (AvgIpc) is 2.40. The van der Waals surface area contributed by atoms with Crippen molar-refractivity contribution in [2.75, 3.05) is 26.7 Å². The highest BCUT2D eigenvalue weighted by Crippen LogP contribution is 2.34. The lowest BCUT2D eigenvalue weighted by Crippen LogP contribution is -2.49. The van der Waals surface area contributed by atoms with Crippen molar-refractivity contribution < 1.29 is 0 Å². The minimum Gasteiger partial charge on any atom is -0.316 e. The molecule has 3 atom stereocenters. The Kier molecular flexibility index (Phi) is 5.08. The van der Waals surface area contributed by atoms with Crippen LogP contribution in [-0.4, -0.2) is 37.6 Å².